The van der Waals surface area contributed by atoms with Crippen LogP contribution in [0.25, 0.3) is 0 Å². The number of anilines is 1. The van der Waals surface area contributed by atoms with E-state index in [0.29, 0.717) is 0 Å². The molecule has 0 bridgehead atoms. The van der Waals surface area contributed by atoms with Gasteiger partial charge in [-0.15, -0.1) is 0 Å². The fourth-order valence-electron chi connectivity index (χ4n) is 4.83. The van der Waals surface area contributed by atoms with Gasteiger partial charge in [0.15, 0.2) is 0 Å². The van der Waals surface area contributed by atoms with Gasteiger partial charge in [0.05, 0.1) is 11.1 Å². The maximum absolute atomic E-state index is 8.45. The van der Waals surface area contributed by atoms with E-state index in [1.165, 1.54) is 0 Å². The van der Waals surface area contributed by atoms with Crippen molar-refractivity contribution in [3.05, 3.63) is 125 Å². The van der Waals surface area contributed by atoms with E-state index in [4.69, 9.17) is 4.11 Å². The zero-order valence-electron chi connectivity index (χ0n) is 19.7. The molecule has 2 aliphatic heterocycles. The van der Waals surface area contributed by atoms with E-state index in [1.807, 2.05) is 90.5 Å². The second kappa shape index (κ2) is 6.66. The standard InChI is InChI=1S/C27H26N2/c1-20-12-10-11-17-25(20)29-21(2)26-27(18-19-28(26)22(29)3,23-13-6-4-7-14-23)24-15-8-5-9-16-24/h4-19,22H,1-3H3/i3D3. The molecule has 3 aromatic rings. The van der Waals surface area contributed by atoms with Crippen LogP contribution < -0.4 is 4.90 Å². The molecule has 144 valence electrons. The fourth-order valence-corrected chi connectivity index (χ4v) is 4.83. The van der Waals surface area contributed by atoms with Crippen LogP contribution in [0.4, 0.5) is 5.69 Å². The third-order valence-corrected chi connectivity index (χ3v) is 6.16. The Balaban J connectivity index is 1.80. The van der Waals surface area contributed by atoms with Gasteiger partial charge in [0, 0.05) is 21.7 Å². The lowest BCUT2D eigenvalue weighted by Gasteiger charge is -2.33. The predicted octanol–water partition coefficient (Wildman–Crippen LogP) is 6.21. The monoisotopic (exact) mass is 381 g/mol. The van der Waals surface area contributed by atoms with E-state index in [-0.39, 0.29) is 0 Å². The van der Waals surface area contributed by atoms with E-state index in [9.17, 15) is 0 Å². The number of allylic oxidation sites excluding steroid dienone is 2. The van der Waals surface area contributed by atoms with E-state index in [1.54, 1.807) is 0 Å². The number of nitrogens with zero attached hydrogens (tertiary/aromatic N) is 2. The van der Waals surface area contributed by atoms with Crippen molar-refractivity contribution in [2.24, 2.45) is 0 Å². The zero-order chi connectivity index (χ0) is 22.5. The second-order valence-corrected chi connectivity index (χ2v) is 7.73. The highest BCUT2D eigenvalue weighted by Gasteiger charge is 2.49. The lowest BCUT2D eigenvalue weighted by Crippen LogP contribution is -2.35. The van der Waals surface area contributed by atoms with Crippen LogP contribution in [0.1, 0.15) is 34.6 Å². The molecular weight excluding hydrogens is 352 g/mol. The minimum Gasteiger partial charge on any atom is -0.328 e. The molecule has 2 nitrogen and oxygen atoms in total. The van der Waals surface area contributed by atoms with Gasteiger partial charge in [-0.05, 0) is 49.5 Å². The summed E-state index contributed by atoms with van der Waals surface area (Å²) < 4.78 is 25.3. The molecule has 0 aliphatic carbocycles. The number of hydrogen-bond donors (Lipinski definition) is 0. The van der Waals surface area contributed by atoms with Crippen LogP contribution in [-0.4, -0.2) is 11.1 Å². The highest BCUT2D eigenvalue weighted by molar-refractivity contribution is 5.67. The molecule has 2 heteroatoms. The summed E-state index contributed by atoms with van der Waals surface area (Å²) in [7, 11) is 0. The Labute approximate surface area is 177 Å². The average Bonchev–Trinajstić information content (AvgIpc) is 3.32. The Bertz CT molecular complexity index is 1160. The third kappa shape index (κ3) is 2.49. The summed E-state index contributed by atoms with van der Waals surface area (Å²) >= 11 is 0. The number of fused-ring (bicyclic) bond motifs is 1. The summed E-state index contributed by atoms with van der Waals surface area (Å²) in [5.41, 5.74) is 5.62. The SMILES string of the molecule is [2H]C([2H])([2H])C1N2C=CC(c3ccccc3)(c3ccccc3)C2=C(C)N1c1ccccc1C. The summed E-state index contributed by atoms with van der Waals surface area (Å²) in [6, 6.07) is 28.7. The Morgan fingerprint density at radius 1 is 0.793 bits per heavy atom. The minimum absolute atomic E-state index is 0.562. The van der Waals surface area contributed by atoms with Crippen molar-refractivity contribution < 1.29 is 4.11 Å². The molecule has 2 heterocycles. The summed E-state index contributed by atoms with van der Waals surface area (Å²) in [5.74, 6) is 0. The van der Waals surface area contributed by atoms with Crippen molar-refractivity contribution in [2.75, 3.05) is 4.90 Å². The van der Waals surface area contributed by atoms with Gasteiger partial charge < -0.3 is 9.80 Å². The highest BCUT2D eigenvalue weighted by Crippen LogP contribution is 2.52. The Kier molecular flexibility index (Phi) is 3.38. The second-order valence-electron chi connectivity index (χ2n) is 7.73. The first-order valence-electron chi connectivity index (χ1n) is 11.5. The smallest absolute Gasteiger partial charge is 0.107 e. The van der Waals surface area contributed by atoms with Crippen molar-refractivity contribution in [2.45, 2.75) is 32.3 Å². The van der Waals surface area contributed by atoms with Crippen molar-refractivity contribution in [1.29, 1.82) is 0 Å². The normalized spacial score (nSPS) is 21.7. The van der Waals surface area contributed by atoms with Crippen molar-refractivity contribution in [3.63, 3.8) is 0 Å². The molecule has 0 spiro atoms. The van der Waals surface area contributed by atoms with Crippen molar-refractivity contribution >= 4 is 5.69 Å². The lowest BCUT2D eigenvalue weighted by molar-refractivity contribution is 0.389. The summed E-state index contributed by atoms with van der Waals surface area (Å²) in [5, 5.41) is 0. The molecule has 0 saturated heterocycles. The molecule has 29 heavy (non-hydrogen) atoms. The molecule has 0 amide bonds. The van der Waals surface area contributed by atoms with Gasteiger partial charge in [0.25, 0.3) is 0 Å². The zero-order valence-corrected chi connectivity index (χ0v) is 16.7. The first kappa shape index (κ1) is 14.7. The molecule has 0 fully saturated rings. The molecule has 3 aromatic carbocycles. The van der Waals surface area contributed by atoms with E-state index in [2.05, 4.69) is 30.3 Å². The van der Waals surface area contributed by atoms with Crippen molar-refractivity contribution in [1.82, 2.24) is 4.90 Å². The van der Waals surface area contributed by atoms with Gasteiger partial charge in [-0.2, -0.15) is 0 Å². The van der Waals surface area contributed by atoms with Crippen LogP contribution in [-0.2, 0) is 5.41 Å². The summed E-state index contributed by atoms with van der Waals surface area (Å²) in [6.07, 6.45) is 3.32. The number of aryl methyl sites for hydroxylation is 1. The number of hydrogen-bond acceptors (Lipinski definition) is 2. The Morgan fingerprint density at radius 3 is 1.97 bits per heavy atom. The Morgan fingerprint density at radius 2 is 1.38 bits per heavy atom. The van der Waals surface area contributed by atoms with E-state index in [0.717, 1.165) is 33.8 Å². The van der Waals surface area contributed by atoms with Gasteiger partial charge in [0.1, 0.15) is 6.17 Å². The van der Waals surface area contributed by atoms with Crippen LogP contribution in [0.3, 0.4) is 0 Å². The third-order valence-electron chi connectivity index (χ3n) is 6.16. The minimum atomic E-state index is -2.21. The first-order chi connectivity index (χ1) is 15.4. The Hall–Kier alpha value is -3.26. The van der Waals surface area contributed by atoms with Crippen LogP contribution in [0.15, 0.2) is 109 Å². The number of benzene rings is 3. The molecular formula is C27H26N2. The van der Waals surface area contributed by atoms with Gasteiger partial charge in [0.2, 0.25) is 0 Å². The maximum Gasteiger partial charge on any atom is 0.107 e. The highest BCUT2D eigenvalue weighted by atomic mass is 15.4. The van der Waals surface area contributed by atoms with Crippen LogP contribution in [0.2, 0.25) is 0 Å². The van der Waals surface area contributed by atoms with E-state index >= 15 is 0 Å². The van der Waals surface area contributed by atoms with E-state index < -0.39 is 18.4 Å². The number of rotatable bonds is 3. The molecule has 0 aromatic heterocycles. The van der Waals surface area contributed by atoms with Gasteiger partial charge in [-0.25, -0.2) is 0 Å². The first-order valence-corrected chi connectivity index (χ1v) is 10.0. The molecule has 0 N–H and O–H groups in total. The molecule has 1 unspecified atom stereocenters. The van der Waals surface area contributed by atoms with Crippen LogP contribution in [0, 0.1) is 6.92 Å². The van der Waals surface area contributed by atoms with Crippen LogP contribution >= 0.6 is 0 Å². The summed E-state index contributed by atoms with van der Waals surface area (Å²) in [6.45, 7) is 1.87. The molecule has 0 radical (unpaired) electrons. The molecule has 2 aliphatic rings. The van der Waals surface area contributed by atoms with Gasteiger partial charge in [-0.3, -0.25) is 0 Å². The predicted molar refractivity (Wildman–Crippen MR) is 120 cm³/mol. The van der Waals surface area contributed by atoms with Crippen LogP contribution in [0.5, 0.6) is 0 Å². The van der Waals surface area contributed by atoms with Gasteiger partial charge >= 0.3 is 0 Å². The molecule has 5 rings (SSSR count). The number of para-hydroxylation sites is 1. The molecule has 1 atom stereocenters. The topological polar surface area (TPSA) is 6.48 Å². The van der Waals surface area contributed by atoms with Crippen molar-refractivity contribution in [3.8, 4) is 0 Å². The quantitative estimate of drug-likeness (QED) is 0.532. The lowest BCUT2D eigenvalue weighted by atomic mass is 9.72. The van der Waals surface area contributed by atoms with Gasteiger partial charge in [-0.1, -0.05) is 78.9 Å². The molecule has 0 saturated carbocycles. The largest absolute Gasteiger partial charge is 0.328 e. The fraction of sp³-hybridized carbons (Fsp3) is 0.185. The maximum atomic E-state index is 8.45. The average molecular weight is 382 g/mol. The summed E-state index contributed by atoms with van der Waals surface area (Å²) in [4.78, 5) is 3.97.